The van der Waals surface area contributed by atoms with Crippen molar-refractivity contribution in [3.63, 3.8) is 0 Å². The Labute approximate surface area is 115 Å². The Morgan fingerprint density at radius 3 is 3.11 bits per heavy atom. The molecule has 1 aromatic carbocycles. The summed E-state index contributed by atoms with van der Waals surface area (Å²) in [5.41, 5.74) is 4.70. The molecule has 0 bridgehead atoms. The molecule has 2 heterocycles. The van der Waals surface area contributed by atoms with Gasteiger partial charge in [-0.25, -0.2) is 9.97 Å². The Balaban J connectivity index is 2.09. The van der Waals surface area contributed by atoms with Crippen LogP contribution in [0.4, 0.5) is 0 Å². The van der Waals surface area contributed by atoms with Gasteiger partial charge in [0.05, 0.1) is 5.69 Å². The molecule has 0 unspecified atom stereocenters. The van der Waals surface area contributed by atoms with E-state index in [0.717, 1.165) is 35.4 Å². The maximum Gasteiger partial charge on any atom is 0.159 e. The van der Waals surface area contributed by atoms with E-state index in [2.05, 4.69) is 45.3 Å². The number of aromatic nitrogens is 2. The van der Waals surface area contributed by atoms with Crippen LogP contribution in [0.3, 0.4) is 0 Å². The van der Waals surface area contributed by atoms with E-state index >= 15 is 0 Å². The van der Waals surface area contributed by atoms with Crippen LogP contribution in [0.2, 0.25) is 0 Å². The second kappa shape index (κ2) is 4.78. The molecule has 0 fully saturated rings. The minimum Gasteiger partial charge on any atom is -0.312 e. The molecular formula is C14H14BrN3. The first-order chi connectivity index (χ1) is 8.74. The second-order valence-corrected chi connectivity index (χ2v) is 5.47. The highest BCUT2D eigenvalue weighted by atomic mass is 79.9. The molecule has 0 atom stereocenters. The molecule has 0 amide bonds. The third-order valence-corrected chi connectivity index (χ3v) is 3.74. The number of hydrogen-bond acceptors (Lipinski definition) is 3. The number of rotatable bonds is 1. The molecule has 0 spiro atoms. The lowest BCUT2D eigenvalue weighted by Crippen LogP contribution is -2.25. The standard InChI is InChI=1S/C14H14BrN3/c1-9-2-3-11(15)6-12(9)14-17-8-10-7-16-5-4-13(10)18-14/h2-3,6,8,16H,4-5,7H2,1H3. The number of nitrogens with one attached hydrogen (secondary N) is 1. The van der Waals surface area contributed by atoms with Crippen molar-refractivity contribution < 1.29 is 0 Å². The summed E-state index contributed by atoms with van der Waals surface area (Å²) in [7, 11) is 0. The first-order valence-electron chi connectivity index (χ1n) is 6.06. The van der Waals surface area contributed by atoms with Gasteiger partial charge in [0.15, 0.2) is 5.82 Å². The van der Waals surface area contributed by atoms with Gasteiger partial charge in [0.2, 0.25) is 0 Å². The number of benzene rings is 1. The molecular weight excluding hydrogens is 290 g/mol. The van der Waals surface area contributed by atoms with Crippen molar-refractivity contribution in [2.45, 2.75) is 19.9 Å². The number of hydrogen-bond donors (Lipinski definition) is 1. The highest BCUT2D eigenvalue weighted by molar-refractivity contribution is 9.10. The summed E-state index contributed by atoms with van der Waals surface area (Å²) in [6.07, 6.45) is 2.93. The average molecular weight is 304 g/mol. The van der Waals surface area contributed by atoms with Crippen LogP contribution < -0.4 is 5.32 Å². The van der Waals surface area contributed by atoms with Crippen LogP contribution in [0.15, 0.2) is 28.9 Å². The van der Waals surface area contributed by atoms with Crippen molar-refractivity contribution in [3.8, 4) is 11.4 Å². The van der Waals surface area contributed by atoms with Gasteiger partial charge in [0, 0.05) is 41.3 Å². The van der Waals surface area contributed by atoms with Crippen LogP contribution >= 0.6 is 15.9 Å². The van der Waals surface area contributed by atoms with Gasteiger partial charge in [-0.3, -0.25) is 0 Å². The predicted molar refractivity (Wildman–Crippen MR) is 75.3 cm³/mol. The SMILES string of the molecule is Cc1ccc(Br)cc1-c1ncc2c(n1)CCNC2. The van der Waals surface area contributed by atoms with Crippen molar-refractivity contribution in [1.82, 2.24) is 15.3 Å². The molecule has 1 aliphatic heterocycles. The lowest BCUT2D eigenvalue weighted by atomic mass is 10.1. The molecule has 0 saturated heterocycles. The zero-order valence-corrected chi connectivity index (χ0v) is 11.8. The van der Waals surface area contributed by atoms with Gasteiger partial charge in [0.25, 0.3) is 0 Å². The molecule has 4 heteroatoms. The van der Waals surface area contributed by atoms with Crippen LogP contribution in [0.25, 0.3) is 11.4 Å². The molecule has 92 valence electrons. The van der Waals surface area contributed by atoms with Crippen LogP contribution in [-0.4, -0.2) is 16.5 Å². The van der Waals surface area contributed by atoms with Crippen molar-refractivity contribution in [1.29, 1.82) is 0 Å². The number of nitrogens with zero attached hydrogens (tertiary/aromatic N) is 2. The lowest BCUT2D eigenvalue weighted by molar-refractivity contribution is 0.626. The Hall–Kier alpha value is -1.26. The maximum atomic E-state index is 4.71. The summed E-state index contributed by atoms with van der Waals surface area (Å²) in [6.45, 7) is 3.97. The summed E-state index contributed by atoms with van der Waals surface area (Å²) < 4.78 is 1.06. The summed E-state index contributed by atoms with van der Waals surface area (Å²) in [5, 5.41) is 3.33. The first kappa shape index (κ1) is 11.8. The predicted octanol–water partition coefficient (Wildman–Crippen LogP) is 2.86. The fourth-order valence-corrected chi connectivity index (χ4v) is 2.56. The minimum absolute atomic E-state index is 0.828. The normalized spacial score (nSPS) is 14.3. The molecule has 2 aromatic rings. The fraction of sp³-hybridized carbons (Fsp3) is 0.286. The van der Waals surface area contributed by atoms with Crippen molar-refractivity contribution in [3.05, 3.63) is 45.7 Å². The molecule has 0 saturated carbocycles. The smallest absolute Gasteiger partial charge is 0.159 e. The van der Waals surface area contributed by atoms with Gasteiger partial charge in [-0.05, 0) is 24.6 Å². The van der Waals surface area contributed by atoms with Gasteiger partial charge >= 0.3 is 0 Å². The summed E-state index contributed by atoms with van der Waals surface area (Å²) in [6, 6.07) is 6.21. The van der Waals surface area contributed by atoms with Crippen LogP contribution in [0.1, 0.15) is 16.8 Å². The number of aryl methyl sites for hydroxylation is 1. The Morgan fingerprint density at radius 1 is 1.33 bits per heavy atom. The van der Waals surface area contributed by atoms with Gasteiger partial charge in [0.1, 0.15) is 0 Å². The molecule has 18 heavy (non-hydrogen) atoms. The quantitative estimate of drug-likeness (QED) is 0.880. The lowest BCUT2D eigenvalue weighted by Gasteiger charge is -2.16. The first-order valence-corrected chi connectivity index (χ1v) is 6.85. The van der Waals surface area contributed by atoms with Crippen molar-refractivity contribution >= 4 is 15.9 Å². The zero-order chi connectivity index (χ0) is 12.5. The van der Waals surface area contributed by atoms with Gasteiger partial charge in [-0.1, -0.05) is 22.0 Å². The summed E-state index contributed by atoms with van der Waals surface area (Å²) in [4.78, 5) is 9.21. The largest absolute Gasteiger partial charge is 0.312 e. The highest BCUT2D eigenvalue weighted by Crippen LogP contribution is 2.25. The van der Waals surface area contributed by atoms with E-state index < -0.39 is 0 Å². The molecule has 1 N–H and O–H groups in total. The monoisotopic (exact) mass is 303 g/mol. The van der Waals surface area contributed by atoms with Crippen LogP contribution in [0.5, 0.6) is 0 Å². The van der Waals surface area contributed by atoms with Crippen LogP contribution in [0, 0.1) is 6.92 Å². The zero-order valence-electron chi connectivity index (χ0n) is 10.2. The van der Waals surface area contributed by atoms with Crippen molar-refractivity contribution in [2.24, 2.45) is 0 Å². The third-order valence-electron chi connectivity index (χ3n) is 3.25. The second-order valence-electron chi connectivity index (χ2n) is 4.55. The Bertz CT molecular complexity index is 596. The average Bonchev–Trinajstić information content (AvgIpc) is 2.41. The van der Waals surface area contributed by atoms with E-state index in [1.165, 1.54) is 16.8 Å². The van der Waals surface area contributed by atoms with E-state index in [4.69, 9.17) is 4.98 Å². The number of halogens is 1. The van der Waals surface area contributed by atoms with E-state index in [0.29, 0.717) is 0 Å². The van der Waals surface area contributed by atoms with Crippen LogP contribution in [-0.2, 0) is 13.0 Å². The molecule has 3 nitrogen and oxygen atoms in total. The van der Waals surface area contributed by atoms with Gasteiger partial charge in [-0.15, -0.1) is 0 Å². The van der Waals surface area contributed by atoms with Gasteiger partial charge < -0.3 is 5.32 Å². The third kappa shape index (κ3) is 2.18. The molecule has 1 aliphatic rings. The van der Waals surface area contributed by atoms with E-state index in [-0.39, 0.29) is 0 Å². The Morgan fingerprint density at radius 2 is 2.22 bits per heavy atom. The summed E-state index contributed by atoms with van der Waals surface area (Å²) in [5.74, 6) is 0.828. The molecule has 0 aliphatic carbocycles. The Kier molecular flexibility index (Phi) is 3.14. The summed E-state index contributed by atoms with van der Waals surface area (Å²) >= 11 is 3.50. The maximum absolute atomic E-state index is 4.71. The van der Waals surface area contributed by atoms with Gasteiger partial charge in [-0.2, -0.15) is 0 Å². The van der Waals surface area contributed by atoms with Crippen molar-refractivity contribution in [2.75, 3.05) is 6.54 Å². The minimum atomic E-state index is 0.828. The highest BCUT2D eigenvalue weighted by Gasteiger charge is 2.13. The molecule has 1 aromatic heterocycles. The van der Waals surface area contributed by atoms with E-state index in [1.807, 2.05) is 12.3 Å². The molecule has 3 rings (SSSR count). The van der Waals surface area contributed by atoms with E-state index in [9.17, 15) is 0 Å². The van der Waals surface area contributed by atoms with E-state index in [1.54, 1.807) is 0 Å². The molecule has 0 radical (unpaired) electrons. The topological polar surface area (TPSA) is 37.8 Å². The number of fused-ring (bicyclic) bond motifs is 1. The fourth-order valence-electron chi connectivity index (χ4n) is 2.20.